The van der Waals surface area contributed by atoms with E-state index in [1.54, 1.807) is 18.2 Å². The average molecular weight is 412 g/mol. The van der Waals surface area contributed by atoms with Crippen molar-refractivity contribution < 1.29 is 22.6 Å². The first-order valence-electron chi connectivity index (χ1n) is 7.24. The molecule has 0 saturated carbocycles. The van der Waals surface area contributed by atoms with E-state index in [0.29, 0.717) is 21.3 Å². The Morgan fingerprint density at radius 1 is 1.08 bits per heavy atom. The second-order valence-corrected chi connectivity index (χ2v) is 5.65. The van der Waals surface area contributed by atoms with E-state index in [4.69, 9.17) is 33.7 Å². The van der Waals surface area contributed by atoms with Gasteiger partial charge in [0.25, 0.3) is 0 Å². The second kappa shape index (κ2) is 9.17. The maximum atomic E-state index is 11.7. The molecular weight excluding hydrogens is 398 g/mol. The largest absolute Gasteiger partial charge is 0.522 e. The number of ether oxygens (including phenoxy) is 2. The van der Waals surface area contributed by atoms with E-state index in [-0.39, 0.29) is 31.5 Å². The summed E-state index contributed by atoms with van der Waals surface area (Å²) in [7, 11) is 0. The van der Waals surface area contributed by atoms with Crippen molar-refractivity contribution in [1.29, 1.82) is 0 Å². The summed E-state index contributed by atoms with van der Waals surface area (Å²) in [6.45, 7) is -0.399. The first-order valence-corrected chi connectivity index (χ1v) is 8.00. The van der Waals surface area contributed by atoms with Crippen LogP contribution in [0.3, 0.4) is 0 Å². The number of hydrogen-bond acceptors (Lipinski definition) is 7. The Hall–Kier alpha value is -1.88. The highest BCUT2D eigenvalue weighted by molar-refractivity contribution is 6.42. The van der Waals surface area contributed by atoms with E-state index in [1.807, 2.05) is 0 Å². The Balaban J connectivity index is 1.81. The van der Waals surface area contributed by atoms with Crippen LogP contribution in [0.15, 0.2) is 18.2 Å². The number of benzene rings is 1. The third-order valence-electron chi connectivity index (χ3n) is 2.93. The van der Waals surface area contributed by atoms with Gasteiger partial charge >= 0.3 is 6.36 Å². The number of rotatable bonds is 8. The van der Waals surface area contributed by atoms with Crippen LogP contribution in [0.1, 0.15) is 0 Å². The van der Waals surface area contributed by atoms with Crippen LogP contribution in [-0.4, -0.2) is 47.9 Å². The number of nitrogens with zero attached hydrogens (tertiary/aromatic N) is 3. The van der Waals surface area contributed by atoms with E-state index >= 15 is 0 Å². The lowest BCUT2D eigenvalue weighted by Gasteiger charge is -2.09. The van der Waals surface area contributed by atoms with Crippen LogP contribution in [0.5, 0.6) is 0 Å². The lowest BCUT2D eigenvalue weighted by Crippen LogP contribution is -2.19. The molecule has 12 heteroatoms. The van der Waals surface area contributed by atoms with Gasteiger partial charge in [-0.25, -0.2) is 0 Å². The molecular formula is C14H14Cl2F3N5O2. The van der Waals surface area contributed by atoms with Crippen LogP contribution in [0, 0.1) is 0 Å². The monoisotopic (exact) mass is 411 g/mol. The normalized spacial score (nSPS) is 11.6. The smallest absolute Gasteiger partial charge is 0.382 e. The molecule has 2 aromatic rings. The van der Waals surface area contributed by atoms with Gasteiger partial charge in [0.05, 0.1) is 29.9 Å². The van der Waals surface area contributed by atoms with Crippen LogP contribution < -0.4 is 11.1 Å². The molecule has 3 N–H and O–H groups in total. The molecule has 7 nitrogen and oxygen atoms in total. The zero-order chi connectivity index (χ0) is 19.2. The Bertz CT molecular complexity index is 749. The van der Waals surface area contributed by atoms with Crippen molar-refractivity contribution in [2.24, 2.45) is 0 Å². The summed E-state index contributed by atoms with van der Waals surface area (Å²) < 4.78 is 43.8. The maximum Gasteiger partial charge on any atom is 0.522 e. The number of nitrogens with two attached hydrogens (primary N) is 1. The molecule has 0 bridgehead atoms. The molecule has 0 aliphatic carbocycles. The number of nitrogens with one attached hydrogen (secondary N) is 1. The summed E-state index contributed by atoms with van der Waals surface area (Å²) >= 11 is 11.8. The zero-order valence-electron chi connectivity index (χ0n) is 13.2. The molecule has 26 heavy (non-hydrogen) atoms. The maximum absolute atomic E-state index is 11.7. The number of alkyl halides is 3. The van der Waals surface area contributed by atoms with Crippen LogP contribution in [0.25, 0.3) is 11.3 Å². The van der Waals surface area contributed by atoms with Crippen molar-refractivity contribution in [3.05, 3.63) is 28.2 Å². The Morgan fingerprint density at radius 3 is 2.50 bits per heavy atom. The van der Waals surface area contributed by atoms with Crippen LogP contribution in [0.2, 0.25) is 10.0 Å². The molecule has 0 aliphatic heterocycles. The first-order chi connectivity index (χ1) is 12.3. The molecule has 0 fully saturated rings. The van der Waals surface area contributed by atoms with E-state index in [9.17, 15) is 13.2 Å². The SMILES string of the molecule is Nc1nc(NCCOCCOC(F)(F)F)nnc1-c1ccc(Cl)c(Cl)c1. The van der Waals surface area contributed by atoms with Gasteiger partial charge in [-0.05, 0) is 12.1 Å². The average Bonchev–Trinajstić information content (AvgIpc) is 2.56. The summed E-state index contributed by atoms with van der Waals surface area (Å²) in [5.74, 6) is 0.279. The van der Waals surface area contributed by atoms with E-state index < -0.39 is 13.0 Å². The van der Waals surface area contributed by atoms with Crippen molar-refractivity contribution in [1.82, 2.24) is 15.2 Å². The molecule has 0 saturated heterocycles. The standard InChI is InChI=1S/C14H14Cl2F3N5O2/c15-9-2-1-8(7-10(9)16)11-12(20)22-13(24-23-11)21-3-4-25-5-6-26-14(17,18)19/h1-2,7H,3-6H2,(H3,20,21,22,24). The molecule has 0 aliphatic rings. The molecule has 0 radical (unpaired) electrons. The summed E-state index contributed by atoms with van der Waals surface area (Å²) in [4.78, 5) is 4.06. The zero-order valence-corrected chi connectivity index (χ0v) is 14.7. The quantitative estimate of drug-likeness (QED) is 0.642. The number of halogens is 5. The minimum Gasteiger partial charge on any atom is -0.382 e. The molecule has 0 atom stereocenters. The molecule has 1 aromatic carbocycles. The van der Waals surface area contributed by atoms with Crippen molar-refractivity contribution in [2.75, 3.05) is 37.4 Å². The minimum absolute atomic E-state index is 0.124. The molecule has 2 rings (SSSR count). The Labute approximate surface area is 156 Å². The van der Waals surface area contributed by atoms with Gasteiger partial charge in [0.1, 0.15) is 5.69 Å². The highest BCUT2D eigenvalue weighted by atomic mass is 35.5. The molecule has 1 heterocycles. The minimum atomic E-state index is -4.66. The lowest BCUT2D eigenvalue weighted by molar-refractivity contribution is -0.327. The second-order valence-electron chi connectivity index (χ2n) is 4.83. The van der Waals surface area contributed by atoms with E-state index in [0.717, 1.165) is 0 Å². The van der Waals surface area contributed by atoms with Crippen LogP contribution >= 0.6 is 23.2 Å². The van der Waals surface area contributed by atoms with Gasteiger partial charge in [-0.1, -0.05) is 29.3 Å². The summed E-state index contributed by atoms with van der Waals surface area (Å²) in [5.41, 5.74) is 6.82. The van der Waals surface area contributed by atoms with Gasteiger partial charge in [-0.3, -0.25) is 4.74 Å². The fourth-order valence-corrected chi connectivity index (χ4v) is 2.11. The van der Waals surface area contributed by atoms with Gasteiger partial charge in [0.2, 0.25) is 5.95 Å². The third kappa shape index (κ3) is 6.45. The van der Waals surface area contributed by atoms with Crippen LogP contribution in [-0.2, 0) is 9.47 Å². The predicted octanol–water partition coefficient (Wildman–Crippen LogP) is 3.39. The fourth-order valence-electron chi connectivity index (χ4n) is 1.82. The molecule has 0 spiro atoms. The highest BCUT2D eigenvalue weighted by Gasteiger charge is 2.28. The third-order valence-corrected chi connectivity index (χ3v) is 3.67. The topological polar surface area (TPSA) is 95.2 Å². The van der Waals surface area contributed by atoms with Crippen LogP contribution in [0.4, 0.5) is 24.9 Å². The highest BCUT2D eigenvalue weighted by Crippen LogP contribution is 2.29. The summed E-state index contributed by atoms with van der Waals surface area (Å²) in [6, 6.07) is 4.88. The van der Waals surface area contributed by atoms with Gasteiger partial charge in [-0.2, -0.15) is 4.98 Å². The number of nitrogen functional groups attached to an aromatic ring is 1. The van der Waals surface area contributed by atoms with E-state index in [2.05, 4.69) is 25.2 Å². The number of hydrogen-bond donors (Lipinski definition) is 2. The molecule has 1 aromatic heterocycles. The summed E-state index contributed by atoms with van der Waals surface area (Å²) in [6.07, 6.45) is -4.66. The summed E-state index contributed by atoms with van der Waals surface area (Å²) in [5, 5.41) is 11.4. The van der Waals surface area contributed by atoms with Gasteiger partial charge in [0, 0.05) is 12.1 Å². The molecule has 142 valence electrons. The Kier molecular flexibility index (Phi) is 7.21. The number of anilines is 2. The van der Waals surface area contributed by atoms with Crippen molar-refractivity contribution >= 4 is 35.0 Å². The lowest BCUT2D eigenvalue weighted by atomic mass is 10.1. The van der Waals surface area contributed by atoms with Gasteiger partial charge in [-0.15, -0.1) is 23.4 Å². The van der Waals surface area contributed by atoms with Crippen molar-refractivity contribution in [2.45, 2.75) is 6.36 Å². The number of aromatic nitrogens is 3. The predicted molar refractivity (Wildman–Crippen MR) is 91.0 cm³/mol. The van der Waals surface area contributed by atoms with Gasteiger partial charge in [0.15, 0.2) is 5.82 Å². The van der Waals surface area contributed by atoms with Crippen molar-refractivity contribution in [3.8, 4) is 11.3 Å². The first kappa shape index (κ1) is 20.4. The Morgan fingerprint density at radius 2 is 1.85 bits per heavy atom. The van der Waals surface area contributed by atoms with Crippen molar-refractivity contribution in [3.63, 3.8) is 0 Å². The molecule has 0 unspecified atom stereocenters. The fraction of sp³-hybridized carbons (Fsp3) is 0.357. The van der Waals surface area contributed by atoms with E-state index in [1.165, 1.54) is 0 Å². The van der Waals surface area contributed by atoms with Gasteiger partial charge < -0.3 is 15.8 Å². The molecule has 0 amide bonds.